The lowest BCUT2D eigenvalue weighted by atomic mass is 10.0. The van der Waals surface area contributed by atoms with Crippen LogP contribution in [0.5, 0.6) is 0 Å². The molecule has 6 heteroatoms. The van der Waals surface area contributed by atoms with Gasteiger partial charge in [0.15, 0.2) is 6.10 Å². The molecule has 420 valence electrons. The van der Waals surface area contributed by atoms with Gasteiger partial charge in [-0.25, -0.2) is 0 Å². The summed E-state index contributed by atoms with van der Waals surface area (Å²) in [5.41, 5.74) is 0. The van der Waals surface area contributed by atoms with Crippen LogP contribution >= 0.6 is 0 Å². The third-order valence-corrected chi connectivity index (χ3v) is 14.1. The lowest BCUT2D eigenvalue weighted by Gasteiger charge is -2.18. The van der Waals surface area contributed by atoms with Gasteiger partial charge in [0, 0.05) is 19.3 Å². The Morgan fingerprint density at radius 1 is 0.278 bits per heavy atom. The summed E-state index contributed by atoms with van der Waals surface area (Å²) in [4.78, 5) is 38.0. The first-order valence-corrected chi connectivity index (χ1v) is 31.6. The summed E-state index contributed by atoms with van der Waals surface area (Å²) in [5.74, 6) is -0.870. The number of ether oxygens (including phenoxy) is 3. The summed E-state index contributed by atoms with van der Waals surface area (Å²) >= 11 is 0. The maximum Gasteiger partial charge on any atom is 0.306 e. The first kappa shape index (κ1) is 69.4. The highest BCUT2D eigenvalue weighted by Crippen LogP contribution is 2.17. The van der Waals surface area contributed by atoms with Crippen LogP contribution in [0.4, 0.5) is 0 Å². The fourth-order valence-corrected chi connectivity index (χ4v) is 9.27. The van der Waals surface area contributed by atoms with Gasteiger partial charge in [0.05, 0.1) is 0 Å². The molecule has 0 aliphatic heterocycles. The van der Waals surface area contributed by atoms with Crippen LogP contribution in [0.2, 0.25) is 0 Å². The van der Waals surface area contributed by atoms with Crippen molar-refractivity contribution in [3.05, 3.63) is 48.6 Å². The molecule has 6 nitrogen and oxygen atoms in total. The van der Waals surface area contributed by atoms with Crippen LogP contribution in [0.3, 0.4) is 0 Å². The van der Waals surface area contributed by atoms with Gasteiger partial charge in [-0.15, -0.1) is 0 Å². The summed E-state index contributed by atoms with van der Waals surface area (Å²) < 4.78 is 16.8. The van der Waals surface area contributed by atoms with Crippen LogP contribution in [0.1, 0.15) is 335 Å². The van der Waals surface area contributed by atoms with Crippen LogP contribution in [0.25, 0.3) is 0 Å². The van der Waals surface area contributed by atoms with E-state index in [4.69, 9.17) is 14.2 Å². The van der Waals surface area contributed by atoms with E-state index in [-0.39, 0.29) is 31.1 Å². The first-order valence-electron chi connectivity index (χ1n) is 31.6. The highest BCUT2D eigenvalue weighted by Gasteiger charge is 2.19. The fraction of sp³-hybridized carbons (Fsp3) is 0.833. The van der Waals surface area contributed by atoms with Crippen molar-refractivity contribution in [2.45, 2.75) is 341 Å². The Labute approximate surface area is 448 Å². The van der Waals surface area contributed by atoms with Gasteiger partial charge in [-0.1, -0.05) is 281 Å². The molecule has 0 rings (SSSR count). The predicted molar refractivity (Wildman–Crippen MR) is 312 cm³/mol. The second-order valence-electron chi connectivity index (χ2n) is 21.3. The van der Waals surface area contributed by atoms with E-state index >= 15 is 0 Å². The second kappa shape index (κ2) is 60.9. The minimum atomic E-state index is -0.773. The zero-order valence-corrected chi connectivity index (χ0v) is 48.2. The van der Waals surface area contributed by atoms with Crippen LogP contribution in [0.15, 0.2) is 48.6 Å². The standard InChI is InChI=1S/C66H120O6/c1-4-7-10-13-16-19-21-23-25-26-27-28-29-30-31-32-33-34-35-36-37-38-39-40-42-43-45-47-50-53-56-59-65(68)71-62-63(61-70-64(67)58-55-52-49-18-15-12-9-6-3)72-66(69)60-57-54-51-48-46-44-41-24-22-20-17-14-11-8-5-2/h21,23-24,26-27,29-30,41,63H,4-20,22,25,28,31-40,42-62H2,1-3H3/b23-21-,27-26-,30-29-,41-24-. The summed E-state index contributed by atoms with van der Waals surface area (Å²) in [6, 6.07) is 0. The molecular formula is C66H120O6. The van der Waals surface area contributed by atoms with E-state index < -0.39 is 6.10 Å². The van der Waals surface area contributed by atoms with Gasteiger partial charge in [0.25, 0.3) is 0 Å². The number of allylic oxidation sites excluding steroid dienone is 8. The molecule has 0 heterocycles. The molecule has 0 aromatic carbocycles. The summed E-state index contributed by atoms with van der Waals surface area (Å²) in [6.07, 6.45) is 75.7. The maximum absolute atomic E-state index is 12.8. The Kier molecular flexibility index (Phi) is 58.7. The average molecular weight is 1010 g/mol. The zero-order valence-electron chi connectivity index (χ0n) is 48.2. The molecule has 0 fully saturated rings. The van der Waals surface area contributed by atoms with E-state index in [0.717, 1.165) is 77.0 Å². The van der Waals surface area contributed by atoms with E-state index in [1.807, 2.05) is 0 Å². The monoisotopic (exact) mass is 1010 g/mol. The SMILES string of the molecule is CCCCCCC/C=C\C/C=C\C/C=C\CCCCCCCCCCCCCCCCCCC(=O)OCC(COC(=O)CCCCCCCCCC)OC(=O)CCCCCCC/C=C\CCCCCCCC. The van der Waals surface area contributed by atoms with E-state index in [2.05, 4.69) is 69.4 Å². The Hall–Kier alpha value is -2.63. The lowest BCUT2D eigenvalue weighted by molar-refractivity contribution is -0.167. The normalized spacial score (nSPS) is 12.3. The molecule has 0 amide bonds. The molecule has 0 aliphatic rings. The summed E-state index contributed by atoms with van der Waals surface area (Å²) in [6.45, 7) is 6.62. The number of carbonyl (C=O) groups excluding carboxylic acids is 3. The Morgan fingerprint density at radius 2 is 0.500 bits per heavy atom. The van der Waals surface area contributed by atoms with Crippen molar-refractivity contribution >= 4 is 17.9 Å². The molecule has 1 unspecified atom stereocenters. The zero-order chi connectivity index (χ0) is 52.2. The van der Waals surface area contributed by atoms with E-state index in [0.29, 0.717) is 19.3 Å². The van der Waals surface area contributed by atoms with Gasteiger partial charge in [-0.2, -0.15) is 0 Å². The minimum Gasteiger partial charge on any atom is -0.462 e. The summed E-state index contributed by atoms with van der Waals surface area (Å²) in [5, 5.41) is 0. The van der Waals surface area contributed by atoms with Crippen LogP contribution in [-0.4, -0.2) is 37.2 Å². The molecule has 0 bridgehead atoms. The second-order valence-corrected chi connectivity index (χ2v) is 21.3. The molecule has 72 heavy (non-hydrogen) atoms. The Morgan fingerprint density at radius 3 is 0.792 bits per heavy atom. The molecule has 0 saturated carbocycles. The molecular weight excluding hydrogens is 889 g/mol. The molecule has 0 N–H and O–H groups in total. The number of hydrogen-bond donors (Lipinski definition) is 0. The van der Waals surface area contributed by atoms with Gasteiger partial charge in [0.1, 0.15) is 13.2 Å². The predicted octanol–water partition coefficient (Wildman–Crippen LogP) is 21.4. The molecule has 1 atom stereocenters. The van der Waals surface area contributed by atoms with Crippen LogP contribution in [0, 0.1) is 0 Å². The van der Waals surface area contributed by atoms with Gasteiger partial charge >= 0.3 is 17.9 Å². The van der Waals surface area contributed by atoms with E-state index in [1.54, 1.807) is 0 Å². The first-order chi connectivity index (χ1) is 35.5. The molecule has 0 aliphatic carbocycles. The van der Waals surface area contributed by atoms with Crippen molar-refractivity contribution in [1.82, 2.24) is 0 Å². The lowest BCUT2D eigenvalue weighted by Crippen LogP contribution is -2.30. The van der Waals surface area contributed by atoms with Crippen LogP contribution < -0.4 is 0 Å². The molecule has 0 saturated heterocycles. The molecule has 0 spiro atoms. The number of carbonyl (C=O) groups is 3. The van der Waals surface area contributed by atoms with Crippen LogP contribution in [-0.2, 0) is 28.6 Å². The quantitative estimate of drug-likeness (QED) is 0.0261. The molecule has 0 radical (unpaired) electrons. The van der Waals surface area contributed by atoms with Crippen molar-refractivity contribution in [2.24, 2.45) is 0 Å². The van der Waals surface area contributed by atoms with Gasteiger partial charge in [-0.3, -0.25) is 14.4 Å². The summed E-state index contributed by atoms with van der Waals surface area (Å²) in [7, 11) is 0. The Bertz CT molecular complexity index is 1250. The number of hydrogen-bond acceptors (Lipinski definition) is 6. The fourth-order valence-electron chi connectivity index (χ4n) is 9.27. The van der Waals surface area contributed by atoms with Crippen molar-refractivity contribution in [1.29, 1.82) is 0 Å². The smallest absolute Gasteiger partial charge is 0.306 e. The number of esters is 3. The number of unbranched alkanes of at least 4 members (excludes halogenated alkanes) is 39. The Balaban J connectivity index is 4.05. The minimum absolute atomic E-state index is 0.0726. The number of rotatable bonds is 58. The van der Waals surface area contributed by atoms with Gasteiger partial charge in [0.2, 0.25) is 0 Å². The highest BCUT2D eigenvalue weighted by molar-refractivity contribution is 5.71. The van der Waals surface area contributed by atoms with Gasteiger partial charge < -0.3 is 14.2 Å². The average Bonchev–Trinajstić information content (AvgIpc) is 3.38. The third kappa shape index (κ3) is 58.3. The van der Waals surface area contributed by atoms with E-state index in [9.17, 15) is 14.4 Å². The largest absolute Gasteiger partial charge is 0.462 e. The van der Waals surface area contributed by atoms with Gasteiger partial charge in [-0.05, 0) is 83.5 Å². The van der Waals surface area contributed by atoms with Crippen molar-refractivity contribution in [3.8, 4) is 0 Å². The maximum atomic E-state index is 12.8. The van der Waals surface area contributed by atoms with E-state index in [1.165, 1.54) is 218 Å². The van der Waals surface area contributed by atoms with Crippen molar-refractivity contribution in [2.75, 3.05) is 13.2 Å². The van der Waals surface area contributed by atoms with Crippen molar-refractivity contribution < 1.29 is 28.6 Å². The highest BCUT2D eigenvalue weighted by atomic mass is 16.6. The molecule has 0 aromatic heterocycles. The third-order valence-electron chi connectivity index (χ3n) is 14.1. The topological polar surface area (TPSA) is 78.9 Å². The molecule has 0 aromatic rings. The van der Waals surface area contributed by atoms with Crippen molar-refractivity contribution in [3.63, 3.8) is 0 Å².